The zero-order valence-electron chi connectivity index (χ0n) is 15.9. The van der Waals surface area contributed by atoms with Gasteiger partial charge in [-0.2, -0.15) is 0 Å². The Morgan fingerprint density at radius 1 is 0.931 bits per heavy atom. The van der Waals surface area contributed by atoms with Crippen molar-refractivity contribution < 1.29 is 0 Å². The quantitative estimate of drug-likeness (QED) is 0.417. The molecule has 29 heavy (non-hydrogen) atoms. The molecule has 0 fully saturated rings. The van der Waals surface area contributed by atoms with E-state index in [-0.39, 0.29) is 16.4 Å². The average molecular weight is 399 g/mol. The van der Waals surface area contributed by atoms with E-state index in [1.807, 2.05) is 78.5 Å². The van der Waals surface area contributed by atoms with E-state index < -0.39 is 0 Å². The van der Waals surface area contributed by atoms with Crippen molar-refractivity contribution in [3.63, 3.8) is 0 Å². The van der Waals surface area contributed by atoms with Crippen LogP contribution in [0.4, 0.5) is 0 Å². The molecule has 6 heteroatoms. The fourth-order valence-electron chi connectivity index (χ4n) is 3.66. The largest absolute Gasteiger partial charge is 0.328 e. The van der Waals surface area contributed by atoms with Crippen LogP contribution in [0.2, 0.25) is 0 Å². The van der Waals surface area contributed by atoms with Gasteiger partial charge >= 0.3 is 0 Å². The van der Waals surface area contributed by atoms with Gasteiger partial charge in [-0.15, -0.1) is 11.3 Å². The van der Waals surface area contributed by atoms with E-state index in [2.05, 4.69) is 0 Å². The summed E-state index contributed by atoms with van der Waals surface area (Å²) in [4.78, 5) is 32.6. The summed E-state index contributed by atoms with van der Waals surface area (Å²) in [6.07, 6.45) is 0. The van der Waals surface area contributed by atoms with Crippen LogP contribution in [-0.2, 0) is 7.05 Å². The van der Waals surface area contributed by atoms with Gasteiger partial charge in [0.15, 0.2) is 11.5 Å². The molecule has 0 aliphatic rings. The van der Waals surface area contributed by atoms with Gasteiger partial charge in [-0.3, -0.25) is 14.2 Å². The summed E-state index contributed by atoms with van der Waals surface area (Å²) < 4.78 is 3.37. The highest BCUT2D eigenvalue weighted by Crippen LogP contribution is 2.26. The third kappa shape index (κ3) is 2.64. The zero-order chi connectivity index (χ0) is 20.1. The zero-order valence-corrected chi connectivity index (χ0v) is 16.7. The monoisotopic (exact) mass is 399 g/mol. The van der Waals surface area contributed by atoms with Gasteiger partial charge < -0.3 is 4.57 Å². The van der Waals surface area contributed by atoms with Crippen molar-refractivity contribution >= 4 is 33.3 Å². The number of fused-ring (bicyclic) bond motifs is 2. The number of aromatic nitrogens is 3. The Morgan fingerprint density at radius 3 is 2.41 bits per heavy atom. The molecule has 3 aromatic heterocycles. The van der Waals surface area contributed by atoms with Gasteiger partial charge in [0.2, 0.25) is 5.43 Å². The number of benzene rings is 2. The number of rotatable bonds is 2. The highest BCUT2D eigenvalue weighted by atomic mass is 32.1. The molecule has 5 nitrogen and oxygen atoms in total. The topological polar surface area (TPSA) is 56.9 Å². The minimum Gasteiger partial charge on any atom is -0.328 e. The minimum absolute atomic E-state index is 0.104. The lowest BCUT2D eigenvalue weighted by molar-refractivity contribution is 0.926. The molecule has 142 valence electrons. The van der Waals surface area contributed by atoms with E-state index in [0.717, 1.165) is 16.0 Å². The summed E-state index contributed by atoms with van der Waals surface area (Å²) >= 11 is 1.51. The molecule has 0 amide bonds. The van der Waals surface area contributed by atoms with Gasteiger partial charge in [-0.25, -0.2) is 4.98 Å². The predicted octanol–water partition coefficient (Wildman–Crippen LogP) is 4.27. The number of pyridine rings is 1. The van der Waals surface area contributed by atoms with Crippen molar-refractivity contribution in [3.05, 3.63) is 92.2 Å². The van der Waals surface area contributed by atoms with Gasteiger partial charge in [-0.1, -0.05) is 35.9 Å². The van der Waals surface area contributed by atoms with Crippen LogP contribution >= 0.6 is 11.3 Å². The number of hydrogen-bond donors (Lipinski definition) is 0. The minimum atomic E-state index is -0.353. The SMILES string of the molecule is Cc1ccc(-n2c(-c3cccs3)nc3c(c(=O)c4ccccc4n3C)c2=O)cc1. The maximum atomic E-state index is 13.7. The molecule has 3 heterocycles. The first-order chi connectivity index (χ1) is 14.1. The third-order valence-electron chi connectivity index (χ3n) is 5.15. The number of nitrogens with zero attached hydrogens (tertiary/aromatic N) is 3. The lowest BCUT2D eigenvalue weighted by atomic mass is 10.1. The molecule has 0 saturated carbocycles. The second-order valence-corrected chi connectivity index (χ2v) is 7.94. The first kappa shape index (κ1) is 17.6. The molecule has 0 aliphatic heterocycles. The van der Waals surface area contributed by atoms with Gasteiger partial charge in [0.05, 0.1) is 16.1 Å². The second kappa shape index (κ2) is 6.53. The van der Waals surface area contributed by atoms with Crippen molar-refractivity contribution in [1.29, 1.82) is 0 Å². The van der Waals surface area contributed by atoms with Crippen LogP contribution in [-0.4, -0.2) is 14.1 Å². The van der Waals surface area contributed by atoms with Gasteiger partial charge in [0, 0.05) is 12.4 Å². The Kier molecular flexibility index (Phi) is 3.96. The second-order valence-electron chi connectivity index (χ2n) is 6.99. The number of hydrogen-bond acceptors (Lipinski definition) is 4. The summed E-state index contributed by atoms with van der Waals surface area (Å²) in [5.41, 5.74) is 2.29. The summed E-state index contributed by atoms with van der Waals surface area (Å²) in [5, 5.41) is 2.57. The van der Waals surface area contributed by atoms with Crippen LogP contribution in [0.3, 0.4) is 0 Å². The van der Waals surface area contributed by atoms with E-state index in [1.165, 1.54) is 11.3 Å². The Balaban J connectivity index is 2.01. The molecule has 2 aromatic carbocycles. The Bertz CT molecular complexity index is 1490. The van der Waals surface area contributed by atoms with E-state index in [1.54, 1.807) is 10.6 Å². The van der Waals surface area contributed by atoms with E-state index >= 15 is 0 Å². The van der Waals surface area contributed by atoms with Crippen molar-refractivity contribution in [3.8, 4) is 16.4 Å². The summed E-state index contributed by atoms with van der Waals surface area (Å²) in [5.74, 6) is 0.534. The Morgan fingerprint density at radius 2 is 1.69 bits per heavy atom. The summed E-state index contributed by atoms with van der Waals surface area (Å²) in [7, 11) is 1.84. The molecule has 5 aromatic rings. The van der Waals surface area contributed by atoms with Crippen LogP contribution in [0.25, 0.3) is 38.3 Å². The molecule has 0 radical (unpaired) electrons. The maximum Gasteiger partial charge on any atom is 0.271 e. The molecule has 0 aliphatic carbocycles. The van der Waals surface area contributed by atoms with Crippen LogP contribution in [0.15, 0.2) is 75.6 Å². The van der Waals surface area contributed by atoms with Crippen LogP contribution in [0.1, 0.15) is 5.56 Å². The molecule has 0 unspecified atom stereocenters. The smallest absolute Gasteiger partial charge is 0.271 e. The fraction of sp³-hybridized carbons (Fsp3) is 0.0870. The molecular weight excluding hydrogens is 382 g/mol. The van der Waals surface area contributed by atoms with Crippen molar-refractivity contribution in [2.75, 3.05) is 0 Å². The highest BCUT2D eigenvalue weighted by molar-refractivity contribution is 7.13. The first-order valence-corrected chi connectivity index (χ1v) is 10.1. The van der Waals surface area contributed by atoms with Crippen molar-refractivity contribution in [2.24, 2.45) is 7.05 Å². The Hall–Kier alpha value is -3.51. The lowest BCUT2D eigenvalue weighted by Gasteiger charge is -2.15. The Labute approximate surface area is 170 Å². The number of para-hydroxylation sites is 1. The lowest BCUT2D eigenvalue weighted by Crippen LogP contribution is -2.28. The third-order valence-corrected chi connectivity index (χ3v) is 6.02. The molecule has 0 N–H and O–H groups in total. The first-order valence-electron chi connectivity index (χ1n) is 9.21. The molecule has 0 bridgehead atoms. The van der Waals surface area contributed by atoms with Gasteiger partial charge in [0.25, 0.3) is 5.56 Å². The number of thiophene rings is 1. The maximum absolute atomic E-state index is 13.7. The molecular formula is C23H17N3O2S. The van der Waals surface area contributed by atoms with Crippen molar-refractivity contribution in [2.45, 2.75) is 6.92 Å². The molecule has 0 spiro atoms. The van der Waals surface area contributed by atoms with Crippen molar-refractivity contribution in [1.82, 2.24) is 14.1 Å². The standard InChI is InChI=1S/C23H17N3O2S/c1-14-9-11-15(12-10-14)26-21(18-8-5-13-29-18)24-22-19(23(26)28)20(27)16-6-3-4-7-17(16)25(22)2/h3-13H,1-2H3. The van der Waals surface area contributed by atoms with E-state index in [4.69, 9.17) is 4.98 Å². The summed E-state index contributed by atoms with van der Waals surface area (Å²) in [6.45, 7) is 1.99. The normalized spacial score (nSPS) is 11.4. The molecule has 0 saturated heterocycles. The fourth-order valence-corrected chi connectivity index (χ4v) is 4.37. The average Bonchev–Trinajstić information content (AvgIpc) is 3.27. The van der Waals surface area contributed by atoms with E-state index in [0.29, 0.717) is 22.5 Å². The van der Waals surface area contributed by atoms with Crippen LogP contribution < -0.4 is 11.0 Å². The van der Waals surface area contributed by atoms with Crippen LogP contribution in [0.5, 0.6) is 0 Å². The molecule has 0 atom stereocenters. The highest BCUT2D eigenvalue weighted by Gasteiger charge is 2.20. The van der Waals surface area contributed by atoms with Gasteiger partial charge in [-0.05, 0) is 42.6 Å². The molecule has 5 rings (SSSR count). The van der Waals surface area contributed by atoms with Gasteiger partial charge in [0.1, 0.15) is 5.39 Å². The van der Waals surface area contributed by atoms with Crippen LogP contribution in [0, 0.1) is 6.92 Å². The van der Waals surface area contributed by atoms with E-state index in [9.17, 15) is 9.59 Å². The predicted molar refractivity (Wildman–Crippen MR) is 118 cm³/mol. The number of aryl methyl sites for hydroxylation is 2. The summed E-state index contributed by atoms with van der Waals surface area (Å²) in [6, 6.07) is 18.8.